The lowest BCUT2D eigenvalue weighted by Crippen LogP contribution is -2.52. The summed E-state index contributed by atoms with van der Waals surface area (Å²) < 4.78 is 34.8. The van der Waals surface area contributed by atoms with E-state index in [4.69, 9.17) is 27.9 Å². The van der Waals surface area contributed by atoms with Gasteiger partial charge in [-0.15, -0.1) is 0 Å². The molecule has 1 N–H and O–H groups in total. The van der Waals surface area contributed by atoms with Gasteiger partial charge in [-0.05, 0) is 87.0 Å². The van der Waals surface area contributed by atoms with Gasteiger partial charge in [-0.2, -0.15) is 0 Å². The van der Waals surface area contributed by atoms with Crippen molar-refractivity contribution in [3.05, 3.63) is 119 Å². The normalized spacial score (nSPS) is 12.0. The maximum atomic E-state index is 14.1. The summed E-state index contributed by atoms with van der Waals surface area (Å²) >= 11 is 12.3. The molecule has 8 nitrogen and oxygen atoms in total. The van der Waals surface area contributed by atoms with Crippen LogP contribution in [0.1, 0.15) is 26.3 Å². The first-order valence-corrected chi connectivity index (χ1v) is 16.1. The maximum Gasteiger partial charge on any atom is 0.264 e. The summed E-state index contributed by atoms with van der Waals surface area (Å²) in [5.74, 6) is 0.138. The van der Waals surface area contributed by atoms with Gasteiger partial charge < -0.3 is 15.0 Å². The topological polar surface area (TPSA) is 96.0 Å². The zero-order valence-electron chi connectivity index (χ0n) is 24.5. The Morgan fingerprint density at radius 2 is 1.39 bits per heavy atom. The van der Waals surface area contributed by atoms with Crippen molar-refractivity contribution in [2.45, 2.75) is 44.3 Å². The highest BCUT2D eigenvalue weighted by atomic mass is 35.5. The highest BCUT2D eigenvalue weighted by molar-refractivity contribution is 7.92. The molecule has 4 aromatic rings. The van der Waals surface area contributed by atoms with Crippen LogP contribution in [0.5, 0.6) is 11.5 Å². The van der Waals surface area contributed by atoms with Crippen LogP contribution in [0.4, 0.5) is 5.69 Å². The molecule has 0 bridgehead atoms. The minimum absolute atomic E-state index is 0.00845. The van der Waals surface area contributed by atoms with Gasteiger partial charge >= 0.3 is 0 Å². The van der Waals surface area contributed by atoms with E-state index in [-0.39, 0.29) is 29.1 Å². The van der Waals surface area contributed by atoms with Gasteiger partial charge in [0.2, 0.25) is 11.8 Å². The molecule has 44 heavy (non-hydrogen) atoms. The molecule has 0 saturated carbocycles. The molecule has 0 radical (unpaired) electrons. The van der Waals surface area contributed by atoms with E-state index < -0.39 is 28.5 Å². The van der Waals surface area contributed by atoms with E-state index >= 15 is 0 Å². The largest absolute Gasteiger partial charge is 0.457 e. The average Bonchev–Trinajstić information content (AvgIpc) is 3.01. The summed E-state index contributed by atoms with van der Waals surface area (Å²) in [5.41, 5.74) is 0.869. The third-order valence-corrected chi connectivity index (χ3v) is 9.18. The summed E-state index contributed by atoms with van der Waals surface area (Å²) in [5, 5.41) is 3.47. The lowest BCUT2D eigenvalue weighted by Gasteiger charge is -2.32. The van der Waals surface area contributed by atoms with Gasteiger partial charge in [0.05, 0.1) is 20.6 Å². The number of halogens is 2. The van der Waals surface area contributed by atoms with E-state index in [0.29, 0.717) is 27.1 Å². The van der Waals surface area contributed by atoms with Crippen molar-refractivity contribution in [2.24, 2.45) is 0 Å². The van der Waals surface area contributed by atoms with Gasteiger partial charge in [0, 0.05) is 12.6 Å². The predicted octanol–water partition coefficient (Wildman–Crippen LogP) is 6.92. The molecule has 1 atom stereocenters. The molecule has 4 rings (SSSR count). The van der Waals surface area contributed by atoms with Crippen LogP contribution in [-0.2, 0) is 26.2 Å². The Bertz CT molecular complexity index is 1690. The predicted molar refractivity (Wildman–Crippen MR) is 174 cm³/mol. The first-order valence-electron chi connectivity index (χ1n) is 13.9. The van der Waals surface area contributed by atoms with E-state index in [9.17, 15) is 18.0 Å². The summed E-state index contributed by atoms with van der Waals surface area (Å²) in [6.45, 7) is 4.64. The van der Waals surface area contributed by atoms with Crippen molar-refractivity contribution in [3.8, 4) is 11.5 Å². The minimum Gasteiger partial charge on any atom is -0.457 e. The van der Waals surface area contributed by atoms with Crippen LogP contribution in [0, 0.1) is 0 Å². The van der Waals surface area contributed by atoms with Gasteiger partial charge in [0.15, 0.2) is 0 Å². The van der Waals surface area contributed by atoms with E-state index in [1.165, 1.54) is 17.0 Å². The van der Waals surface area contributed by atoms with Crippen LogP contribution < -0.4 is 14.4 Å². The first-order chi connectivity index (χ1) is 21.0. The molecule has 0 heterocycles. The number of benzene rings is 4. The summed E-state index contributed by atoms with van der Waals surface area (Å²) in [7, 11) is -4.20. The zero-order valence-corrected chi connectivity index (χ0v) is 26.8. The van der Waals surface area contributed by atoms with Gasteiger partial charge in [0.1, 0.15) is 24.1 Å². The Labute approximate surface area is 268 Å². The molecular formula is C33H33Cl2N3O5S. The number of hydrogen-bond donors (Lipinski definition) is 1. The fourth-order valence-electron chi connectivity index (χ4n) is 4.38. The van der Waals surface area contributed by atoms with Crippen molar-refractivity contribution in [1.82, 2.24) is 10.2 Å². The lowest BCUT2D eigenvalue weighted by molar-refractivity contribution is -0.139. The number of carbonyl (C=O) groups is 2. The number of carbonyl (C=O) groups excluding carboxylic acids is 2. The monoisotopic (exact) mass is 653 g/mol. The Morgan fingerprint density at radius 3 is 1.98 bits per heavy atom. The van der Waals surface area contributed by atoms with Crippen molar-refractivity contribution < 1.29 is 22.7 Å². The molecule has 0 fully saturated rings. The van der Waals surface area contributed by atoms with Crippen molar-refractivity contribution in [3.63, 3.8) is 0 Å². The van der Waals surface area contributed by atoms with Gasteiger partial charge in [-0.3, -0.25) is 13.9 Å². The summed E-state index contributed by atoms with van der Waals surface area (Å²) in [6, 6.07) is 27.2. The molecule has 0 saturated heterocycles. The van der Waals surface area contributed by atoms with Crippen LogP contribution in [-0.4, -0.2) is 43.8 Å². The number of nitrogens with zero attached hydrogens (tertiary/aromatic N) is 2. The number of rotatable bonds is 12. The van der Waals surface area contributed by atoms with E-state index in [1.54, 1.807) is 79.7 Å². The molecule has 230 valence electrons. The van der Waals surface area contributed by atoms with E-state index in [1.807, 2.05) is 32.0 Å². The molecule has 0 spiro atoms. The SMILES string of the molecule is CC(C)NC(=O)[C@@H](C)N(Cc1ccc(Cl)c(Cl)c1)C(=O)CN(c1ccc(Oc2ccccc2)cc1)S(=O)(=O)c1ccccc1. The maximum absolute atomic E-state index is 14.1. The number of para-hydroxylation sites is 1. The molecule has 0 aliphatic heterocycles. The van der Waals surface area contributed by atoms with Crippen molar-refractivity contribution in [2.75, 3.05) is 10.8 Å². The van der Waals surface area contributed by atoms with Crippen LogP contribution >= 0.6 is 23.2 Å². The highest BCUT2D eigenvalue weighted by Gasteiger charge is 2.32. The van der Waals surface area contributed by atoms with Crippen LogP contribution in [0.2, 0.25) is 10.0 Å². The second-order valence-electron chi connectivity index (χ2n) is 10.3. The first kappa shape index (κ1) is 32.9. The fraction of sp³-hybridized carbons (Fsp3) is 0.212. The molecule has 11 heteroatoms. The van der Waals surface area contributed by atoms with E-state index in [0.717, 1.165) is 4.31 Å². The van der Waals surface area contributed by atoms with Crippen LogP contribution in [0.3, 0.4) is 0 Å². The highest BCUT2D eigenvalue weighted by Crippen LogP contribution is 2.29. The third-order valence-electron chi connectivity index (χ3n) is 6.65. The Balaban J connectivity index is 1.70. The number of hydrogen-bond acceptors (Lipinski definition) is 5. The van der Waals surface area contributed by atoms with E-state index in [2.05, 4.69) is 5.32 Å². The van der Waals surface area contributed by atoms with Crippen LogP contribution in [0.25, 0.3) is 0 Å². The molecular weight excluding hydrogens is 621 g/mol. The van der Waals surface area contributed by atoms with Crippen molar-refractivity contribution in [1.29, 1.82) is 0 Å². The number of ether oxygens (including phenoxy) is 1. The number of sulfonamides is 1. The minimum atomic E-state index is -4.20. The molecule has 0 aliphatic carbocycles. The molecule has 4 aromatic carbocycles. The standard InChI is InChI=1S/C33H33Cl2N3O5S/c1-23(2)36-33(40)24(3)37(21-25-14-19-30(34)31(35)20-25)32(39)22-38(44(41,42)29-12-8-5-9-13-29)26-15-17-28(18-16-26)43-27-10-6-4-7-11-27/h4-20,23-24H,21-22H2,1-3H3,(H,36,40)/t24-/m1/s1. The lowest BCUT2D eigenvalue weighted by atomic mass is 10.1. The smallest absolute Gasteiger partial charge is 0.264 e. The molecule has 0 aliphatic rings. The van der Waals surface area contributed by atoms with Gasteiger partial charge in [0.25, 0.3) is 10.0 Å². The number of nitrogens with one attached hydrogen (secondary N) is 1. The molecule has 2 amide bonds. The Kier molecular flexibility index (Phi) is 10.9. The Morgan fingerprint density at radius 1 is 0.795 bits per heavy atom. The fourth-order valence-corrected chi connectivity index (χ4v) is 6.13. The molecule has 0 aromatic heterocycles. The molecule has 0 unspecified atom stereocenters. The average molecular weight is 655 g/mol. The third kappa shape index (κ3) is 8.31. The summed E-state index contributed by atoms with van der Waals surface area (Å²) in [4.78, 5) is 28.5. The van der Waals surface area contributed by atoms with Gasteiger partial charge in [-0.1, -0.05) is 65.7 Å². The second-order valence-corrected chi connectivity index (χ2v) is 13.0. The Hall–Kier alpha value is -4.05. The number of amides is 2. The quantitative estimate of drug-likeness (QED) is 0.179. The zero-order chi connectivity index (χ0) is 31.9. The van der Waals surface area contributed by atoms with Crippen molar-refractivity contribution >= 4 is 50.7 Å². The van der Waals surface area contributed by atoms with Crippen LogP contribution in [0.15, 0.2) is 108 Å². The number of anilines is 1. The summed E-state index contributed by atoms with van der Waals surface area (Å²) in [6.07, 6.45) is 0. The second kappa shape index (κ2) is 14.6. The van der Waals surface area contributed by atoms with Gasteiger partial charge in [-0.25, -0.2) is 8.42 Å².